The quantitative estimate of drug-likeness (QED) is 0.225. The van der Waals surface area contributed by atoms with Crippen molar-refractivity contribution in [3.8, 4) is 5.75 Å². The van der Waals surface area contributed by atoms with Gasteiger partial charge in [0.15, 0.2) is 0 Å². The highest BCUT2D eigenvalue weighted by molar-refractivity contribution is 6.46. The van der Waals surface area contributed by atoms with Crippen molar-refractivity contribution >= 4 is 17.4 Å². The average Bonchev–Trinajstić information content (AvgIpc) is 3.03. The van der Waals surface area contributed by atoms with Gasteiger partial charge in [-0.25, -0.2) is 0 Å². The summed E-state index contributed by atoms with van der Waals surface area (Å²) in [6, 6.07) is 15.3. The summed E-state index contributed by atoms with van der Waals surface area (Å²) in [4.78, 5) is 27.1. The van der Waals surface area contributed by atoms with Crippen molar-refractivity contribution in [2.45, 2.75) is 12.5 Å². The maximum Gasteiger partial charge on any atom is 0.295 e. The molecule has 6 nitrogen and oxygen atoms in total. The summed E-state index contributed by atoms with van der Waals surface area (Å²) in [5.74, 6) is -0.893. The Labute approximate surface area is 176 Å². The van der Waals surface area contributed by atoms with Gasteiger partial charge in [0.05, 0.1) is 11.6 Å². The van der Waals surface area contributed by atoms with Crippen molar-refractivity contribution in [3.63, 3.8) is 0 Å². The Kier molecular flexibility index (Phi) is 7.03. The van der Waals surface area contributed by atoms with E-state index in [1.807, 2.05) is 30.3 Å². The second-order valence-electron chi connectivity index (χ2n) is 6.87. The molecule has 0 aliphatic carbocycles. The number of carbonyl (C=O) groups excluding carboxylic acids is 2. The Morgan fingerprint density at radius 1 is 1.13 bits per heavy atom. The Balaban J connectivity index is 2.01. The maximum atomic E-state index is 12.9. The normalized spacial score (nSPS) is 17.9. The summed E-state index contributed by atoms with van der Waals surface area (Å²) < 4.78 is 10.5. The lowest BCUT2D eigenvalue weighted by Gasteiger charge is -2.25. The van der Waals surface area contributed by atoms with E-state index in [0.717, 1.165) is 5.56 Å². The molecule has 1 heterocycles. The second kappa shape index (κ2) is 9.89. The maximum absolute atomic E-state index is 12.9. The largest absolute Gasteiger partial charge is 0.507 e. The fraction of sp³-hybridized carbons (Fsp3) is 0.250. The summed E-state index contributed by atoms with van der Waals surface area (Å²) >= 11 is 0. The van der Waals surface area contributed by atoms with E-state index >= 15 is 0 Å². The van der Waals surface area contributed by atoms with Gasteiger partial charge in [0, 0.05) is 25.8 Å². The van der Waals surface area contributed by atoms with Crippen LogP contribution in [0, 0.1) is 0 Å². The Morgan fingerprint density at radius 2 is 1.83 bits per heavy atom. The molecular formula is C24H25NO5. The minimum Gasteiger partial charge on any atom is -0.507 e. The summed E-state index contributed by atoms with van der Waals surface area (Å²) in [5.41, 5.74) is 1.29. The van der Waals surface area contributed by atoms with Crippen LogP contribution in [0.25, 0.3) is 5.76 Å². The van der Waals surface area contributed by atoms with Crippen LogP contribution in [-0.2, 0) is 14.3 Å². The summed E-state index contributed by atoms with van der Waals surface area (Å²) in [5, 5.41) is 11.0. The topological polar surface area (TPSA) is 76.1 Å². The van der Waals surface area contributed by atoms with Crippen molar-refractivity contribution in [3.05, 3.63) is 84.0 Å². The van der Waals surface area contributed by atoms with E-state index in [-0.39, 0.29) is 11.3 Å². The standard InChI is InChI=1S/C24H25NO5/c1-3-15-30-19-12-10-18(11-13-19)22(26)20-21(17-8-5-4-6-9-17)25(14-7-16-29-2)24(28)23(20)27/h3-6,8-13,21,26H,1,7,14-16H2,2H3/t21-/m1/s1. The van der Waals surface area contributed by atoms with Gasteiger partial charge in [-0.05, 0) is 36.2 Å². The third-order valence-corrected chi connectivity index (χ3v) is 4.90. The minimum absolute atomic E-state index is 0.0865. The first-order valence-corrected chi connectivity index (χ1v) is 9.75. The molecule has 2 aromatic rings. The Bertz CT molecular complexity index is 934. The first kappa shape index (κ1) is 21.3. The molecule has 1 amide bonds. The highest BCUT2D eigenvalue weighted by Gasteiger charge is 2.45. The molecule has 6 heteroatoms. The van der Waals surface area contributed by atoms with Crippen molar-refractivity contribution in [1.82, 2.24) is 4.90 Å². The van der Waals surface area contributed by atoms with E-state index in [0.29, 0.717) is 37.5 Å². The van der Waals surface area contributed by atoms with E-state index in [2.05, 4.69) is 6.58 Å². The molecule has 0 aromatic heterocycles. The van der Waals surface area contributed by atoms with Crippen LogP contribution in [0.1, 0.15) is 23.6 Å². The number of rotatable bonds is 9. The van der Waals surface area contributed by atoms with Crippen molar-refractivity contribution in [1.29, 1.82) is 0 Å². The molecule has 1 aliphatic rings. The van der Waals surface area contributed by atoms with E-state index in [1.165, 1.54) is 4.90 Å². The molecule has 1 N–H and O–H groups in total. The highest BCUT2D eigenvalue weighted by Crippen LogP contribution is 2.39. The molecular weight excluding hydrogens is 382 g/mol. The van der Waals surface area contributed by atoms with E-state index in [9.17, 15) is 14.7 Å². The molecule has 0 unspecified atom stereocenters. The van der Waals surface area contributed by atoms with Gasteiger partial charge in [-0.15, -0.1) is 0 Å². The van der Waals surface area contributed by atoms with Gasteiger partial charge in [0.2, 0.25) is 0 Å². The number of carbonyl (C=O) groups is 2. The number of benzene rings is 2. The number of hydrogen-bond donors (Lipinski definition) is 1. The van der Waals surface area contributed by atoms with Crippen molar-refractivity contribution in [2.75, 3.05) is 26.9 Å². The number of methoxy groups -OCH3 is 1. The Morgan fingerprint density at radius 3 is 2.47 bits per heavy atom. The van der Waals surface area contributed by atoms with Crippen LogP contribution in [0.3, 0.4) is 0 Å². The molecule has 0 saturated carbocycles. The first-order valence-electron chi connectivity index (χ1n) is 9.75. The van der Waals surface area contributed by atoms with Gasteiger partial charge in [-0.3, -0.25) is 9.59 Å². The van der Waals surface area contributed by atoms with Gasteiger partial charge in [-0.1, -0.05) is 43.0 Å². The molecule has 2 aromatic carbocycles. The molecule has 1 saturated heterocycles. The smallest absolute Gasteiger partial charge is 0.295 e. The lowest BCUT2D eigenvalue weighted by molar-refractivity contribution is -0.140. The Hall–Kier alpha value is -3.38. The molecule has 1 fully saturated rings. The molecule has 0 radical (unpaired) electrons. The van der Waals surface area contributed by atoms with E-state index < -0.39 is 17.7 Å². The van der Waals surface area contributed by atoms with Gasteiger partial charge in [0.1, 0.15) is 18.1 Å². The number of ketones is 1. The van der Waals surface area contributed by atoms with Gasteiger partial charge in [0.25, 0.3) is 11.7 Å². The minimum atomic E-state index is -0.689. The van der Waals surface area contributed by atoms with Crippen LogP contribution in [0.15, 0.2) is 72.8 Å². The third-order valence-electron chi connectivity index (χ3n) is 4.90. The predicted molar refractivity (Wildman–Crippen MR) is 114 cm³/mol. The lowest BCUT2D eigenvalue weighted by Crippen LogP contribution is -2.31. The average molecular weight is 407 g/mol. The van der Waals surface area contributed by atoms with Crippen LogP contribution < -0.4 is 4.74 Å². The number of hydrogen-bond acceptors (Lipinski definition) is 5. The number of ether oxygens (including phenoxy) is 2. The number of Topliss-reactive ketones (excluding diaryl/α,β-unsaturated/α-hetero) is 1. The highest BCUT2D eigenvalue weighted by atomic mass is 16.5. The van der Waals surface area contributed by atoms with Gasteiger partial charge in [-0.2, -0.15) is 0 Å². The van der Waals surface area contributed by atoms with Crippen LogP contribution in [0.2, 0.25) is 0 Å². The van der Waals surface area contributed by atoms with Crippen LogP contribution in [-0.4, -0.2) is 48.6 Å². The summed E-state index contributed by atoms with van der Waals surface area (Å²) in [6.45, 7) is 4.79. The van der Waals surface area contributed by atoms with Crippen molar-refractivity contribution in [2.24, 2.45) is 0 Å². The molecule has 30 heavy (non-hydrogen) atoms. The van der Waals surface area contributed by atoms with Crippen molar-refractivity contribution < 1.29 is 24.2 Å². The molecule has 156 valence electrons. The molecule has 0 bridgehead atoms. The monoisotopic (exact) mass is 407 g/mol. The first-order chi connectivity index (χ1) is 14.6. The zero-order chi connectivity index (χ0) is 21.5. The predicted octanol–water partition coefficient (Wildman–Crippen LogP) is 3.71. The molecule has 1 atom stereocenters. The van der Waals surface area contributed by atoms with Gasteiger partial charge >= 0.3 is 0 Å². The SMILES string of the molecule is C=CCOc1ccc(C(O)=C2C(=O)C(=O)N(CCCOC)[C@@H]2c2ccccc2)cc1. The summed E-state index contributed by atoms with van der Waals surface area (Å²) in [7, 11) is 1.59. The molecule has 1 aliphatic heterocycles. The fourth-order valence-corrected chi connectivity index (χ4v) is 3.49. The van der Waals surface area contributed by atoms with E-state index in [4.69, 9.17) is 9.47 Å². The van der Waals surface area contributed by atoms with Crippen LogP contribution in [0.5, 0.6) is 5.75 Å². The number of aliphatic hydroxyl groups excluding tert-OH is 1. The van der Waals surface area contributed by atoms with Gasteiger partial charge < -0.3 is 19.5 Å². The molecule has 3 rings (SSSR count). The zero-order valence-corrected chi connectivity index (χ0v) is 16.9. The zero-order valence-electron chi connectivity index (χ0n) is 16.9. The van der Waals surface area contributed by atoms with E-state index in [1.54, 1.807) is 37.5 Å². The third kappa shape index (κ3) is 4.44. The van der Waals surface area contributed by atoms with Crippen LogP contribution >= 0.6 is 0 Å². The number of amides is 1. The second-order valence-corrected chi connectivity index (χ2v) is 6.87. The fourth-order valence-electron chi connectivity index (χ4n) is 3.49. The number of nitrogens with zero attached hydrogens (tertiary/aromatic N) is 1. The lowest BCUT2D eigenvalue weighted by atomic mass is 9.95. The number of aliphatic hydroxyl groups is 1. The molecule has 0 spiro atoms. The summed E-state index contributed by atoms with van der Waals surface area (Å²) in [6.07, 6.45) is 2.22. The van der Waals surface area contributed by atoms with Crippen LogP contribution in [0.4, 0.5) is 0 Å². The number of likely N-dealkylation sites (tertiary alicyclic amines) is 1.